The number of aliphatic hydroxyl groups is 1. The molecule has 0 aliphatic carbocycles. The van der Waals surface area contributed by atoms with Gasteiger partial charge in [-0.25, -0.2) is 0 Å². The molecule has 0 radical (unpaired) electrons. The summed E-state index contributed by atoms with van der Waals surface area (Å²) in [5.74, 6) is 0.820. The van der Waals surface area contributed by atoms with Gasteiger partial charge in [-0.2, -0.15) is 0 Å². The van der Waals surface area contributed by atoms with E-state index in [0.29, 0.717) is 6.42 Å². The summed E-state index contributed by atoms with van der Waals surface area (Å²) in [6.45, 7) is 3.98. The minimum atomic E-state index is -0.542. The minimum absolute atomic E-state index is 0.151. The van der Waals surface area contributed by atoms with E-state index < -0.39 is 6.10 Å². The quantitative estimate of drug-likeness (QED) is 0.900. The maximum atomic E-state index is 10.3. The maximum Gasteiger partial charge on any atom is 0.119 e. The Labute approximate surface area is 127 Å². The van der Waals surface area contributed by atoms with Crippen molar-refractivity contribution in [2.75, 3.05) is 0 Å². The number of aliphatic hydroxyl groups excluding tert-OH is 1. The van der Waals surface area contributed by atoms with Crippen molar-refractivity contribution in [3.8, 4) is 5.75 Å². The zero-order valence-corrected chi connectivity index (χ0v) is 13.2. The number of ether oxygens (including phenoxy) is 1. The molecule has 1 unspecified atom stereocenters. The van der Waals surface area contributed by atoms with Crippen LogP contribution in [-0.2, 0) is 6.42 Å². The average molecular weight is 336 g/mol. The number of rotatable bonds is 5. The largest absolute Gasteiger partial charge is 0.491 e. The highest BCUT2D eigenvalue weighted by Crippen LogP contribution is 2.22. The van der Waals surface area contributed by atoms with Gasteiger partial charge in [0, 0.05) is 23.3 Å². The number of benzene rings is 1. The second kappa shape index (κ2) is 6.86. The SMILES string of the molecule is CC(C)Oc1ccc(C(O)Cc2cncc(Br)c2)cc1. The van der Waals surface area contributed by atoms with E-state index in [1.165, 1.54) is 0 Å². The predicted octanol–water partition coefficient (Wildman–Crippen LogP) is 3.91. The molecule has 0 saturated carbocycles. The molecule has 2 aromatic rings. The minimum Gasteiger partial charge on any atom is -0.491 e. The van der Waals surface area contributed by atoms with Crippen LogP contribution in [0.5, 0.6) is 5.75 Å². The second-order valence-corrected chi connectivity index (χ2v) is 5.88. The lowest BCUT2D eigenvalue weighted by molar-refractivity contribution is 0.178. The molecule has 0 amide bonds. The smallest absolute Gasteiger partial charge is 0.119 e. The first-order valence-corrected chi connectivity index (χ1v) is 7.38. The van der Waals surface area contributed by atoms with Crippen molar-refractivity contribution in [2.45, 2.75) is 32.5 Å². The lowest BCUT2D eigenvalue weighted by Crippen LogP contribution is -2.06. The van der Waals surface area contributed by atoms with Crippen molar-refractivity contribution in [1.82, 2.24) is 4.98 Å². The zero-order chi connectivity index (χ0) is 14.5. The Morgan fingerprint density at radius 3 is 2.50 bits per heavy atom. The van der Waals surface area contributed by atoms with Crippen LogP contribution in [0.15, 0.2) is 47.2 Å². The Morgan fingerprint density at radius 1 is 1.20 bits per heavy atom. The zero-order valence-electron chi connectivity index (χ0n) is 11.6. The number of halogens is 1. The maximum absolute atomic E-state index is 10.3. The molecule has 1 heterocycles. The fourth-order valence-corrected chi connectivity index (χ4v) is 2.36. The van der Waals surface area contributed by atoms with Gasteiger partial charge in [-0.05, 0) is 59.1 Å². The summed E-state index contributed by atoms with van der Waals surface area (Å²) in [6.07, 6.45) is 3.65. The summed E-state index contributed by atoms with van der Waals surface area (Å²) in [7, 11) is 0. The molecule has 1 aromatic carbocycles. The van der Waals surface area contributed by atoms with Crippen LogP contribution in [0.25, 0.3) is 0 Å². The van der Waals surface area contributed by atoms with Crippen molar-refractivity contribution in [2.24, 2.45) is 0 Å². The molecule has 0 saturated heterocycles. The average Bonchev–Trinajstić information content (AvgIpc) is 2.38. The van der Waals surface area contributed by atoms with Crippen LogP contribution in [0.2, 0.25) is 0 Å². The first kappa shape index (κ1) is 15.0. The lowest BCUT2D eigenvalue weighted by atomic mass is 10.0. The van der Waals surface area contributed by atoms with Gasteiger partial charge in [0.2, 0.25) is 0 Å². The van der Waals surface area contributed by atoms with E-state index in [1.807, 2.05) is 44.2 Å². The van der Waals surface area contributed by atoms with E-state index in [9.17, 15) is 5.11 Å². The fraction of sp³-hybridized carbons (Fsp3) is 0.312. The van der Waals surface area contributed by atoms with Crippen LogP contribution in [-0.4, -0.2) is 16.2 Å². The van der Waals surface area contributed by atoms with Gasteiger partial charge in [0.25, 0.3) is 0 Å². The van der Waals surface area contributed by atoms with E-state index in [-0.39, 0.29) is 6.10 Å². The summed E-state index contributed by atoms with van der Waals surface area (Å²) >= 11 is 3.38. The molecule has 0 bridgehead atoms. The van der Waals surface area contributed by atoms with Crippen molar-refractivity contribution in [3.63, 3.8) is 0 Å². The molecule has 1 aromatic heterocycles. The van der Waals surface area contributed by atoms with Crippen LogP contribution < -0.4 is 4.74 Å². The van der Waals surface area contributed by atoms with Gasteiger partial charge in [-0.15, -0.1) is 0 Å². The molecule has 0 aliphatic rings. The van der Waals surface area contributed by atoms with Crippen molar-refractivity contribution in [3.05, 3.63) is 58.3 Å². The van der Waals surface area contributed by atoms with Crippen molar-refractivity contribution in [1.29, 1.82) is 0 Å². The summed E-state index contributed by atoms with van der Waals surface area (Å²) in [5.41, 5.74) is 1.87. The molecule has 1 N–H and O–H groups in total. The molecule has 0 fully saturated rings. The molecule has 4 heteroatoms. The molecule has 3 nitrogen and oxygen atoms in total. The number of pyridine rings is 1. The Balaban J connectivity index is 2.03. The monoisotopic (exact) mass is 335 g/mol. The summed E-state index contributed by atoms with van der Waals surface area (Å²) in [5, 5.41) is 10.3. The Morgan fingerprint density at radius 2 is 1.90 bits per heavy atom. The van der Waals surface area contributed by atoms with E-state index in [1.54, 1.807) is 12.4 Å². The van der Waals surface area contributed by atoms with Gasteiger partial charge in [0.15, 0.2) is 0 Å². The van der Waals surface area contributed by atoms with E-state index in [0.717, 1.165) is 21.3 Å². The normalized spacial score (nSPS) is 12.4. The first-order chi connectivity index (χ1) is 9.54. The third-order valence-corrected chi connectivity index (χ3v) is 3.26. The van der Waals surface area contributed by atoms with Gasteiger partial charge in [-0.1, -0.05) is 12.1 Å². The molecular weight excluding hydrogens is 318 g/mol. The van der Waals surface area contributed by atoms with Crippen LogP contribution >= 0.6 is 15.9 Å². The van der Waals surface area contributed by atoms with Gasteiger partial charge in [-0.3, -0.25) is 4.98 Å². The van der Waals surface area contributed by atoms with Crippen LogP contribution in [0.1, 0.15) is 31.1 Å². The van der Waals surface area contributed by atoms with E-state index in [4.69, 9.17) is 4.74 Å². The molecular formula is C16H18BrNO2. The van der Waals surface area contributed by atoms with Crippen LogP contribution in [0.3, 0.4) is 0 Å². The molecule has 2 rings (SSSR count). The first-order valence-electron chi connectivity index (χ1n) is 6.58. The third-order valence-electron chi connectivity index (χ3n) is 2.83. The standard InChI is InChI=1S/C16H18BrNO2/c1-11(2)20-15-5-3-13(4-6-15)16(19)8-12-7-14(17)10-18-9-12/h3-7,9-11,16,19H,8H2,1-2H3. The summed E-state index contributed by atoms with van der Waals surface area (Å²) in [4.78, 5) is 4.10. The highest BCUT2D eigenvalue weighted by atomic mass is 79.9. The molecule has 1 atom stereocenters. The molecule has 0 aliphatic heterocycles. The third kappa shape index (κ3) is 4.32. The van der Waals surface area contributed by atoms with Gasteiger partial charge in [0.05, 0.1) is 12.2 Å². The van der Waals surface area contributed by atoms with E-state index >= 15 is 0 Å². The molecule has 0 spiro atoms. The summed E-state index contributed by atoms with van der Waals surface area (Å²) in [6, 6.07) is 9.53. The van der Waals surface area contributed by atoms with Gasteiger partial charge in [0.1, 0.15) is 5.75 Å². The number of hydrogen-bond acceptors (Lipinski definition) is 3. The Kier molecular flexibility index (Phi) is 5.15. The van der Waals surface area contributed by atoms with E-state index in [2.05, 4.69) is 20.9 Å². The summed E-state index contributed by atoms with van der Waals surface area (Å²) < 4.78 is 6.50. The topological polar surface area (TPSA) is 42.4 Å². The highest BCUT2D eigenvalue weighted by Gasteiger charge is 2.09. The van der Waals surface area contributed by atoms with Gasteiger partial charge >= 0.3 is 0 Å². The Hall–Kier alpha value is -1.39. The number of hydrogen-bond donors (Lipinski definition) is 1. The van der Waals surface area contributed by atoms with Crippen molar-refractivity contribution < 1.29 is 9.84 Å². The predicted molar refractivity (Wildman–Crippen MR) is 82.8 cm³/mol. The molecule has 20 heavy (non-hydrogen) atoms. The highest BCUT2D eigenvalue weighted by molar-refractivity contribution is 9.10. The van der Waals surface area contributed by atoms with Crippen LogP contribution in [0.4, 0.5) is 0 Å². The number of nitrogens with zero attached hydrogens (tertiary/aromatic N) is 1. The molecule has 106 valence electrons. The Bertz CT molecular complexity index is 555. The van der Waals surface area contributed by atoms with Gasteiger partial charge < -0.3 is 9.84 Å². The lowest BCUT2D eigenvalue weighted by Gasteiger charge is -2.13. The number of aromatic nitrogens is 1. The van der Waals surface area contributed by atoms with Crippen LogP contribution in [0, 0.1) is 0 Å². The fourth-order valence-electron chi connectivity index (χ4n) is 1.95. The van der Waals surface area contributed by atoms with Crippen molar-refractivity contribution >= 4 is 15.9 Å². The second-order valence-electron chi connectivity index (χ2n) is 4.97.